The monoisotopic (exact) mass is 496 g/mol. The molecule has 5 rings (SSSR count). The average Bonchev–Trinajstić information content (AvgIpc) is 3.25. The molecule has 7 heteroatoms. The molecule has 2 fully saturated rings. The Morgan fingerprint density at radius 1 is 1.14 bits per heavy atom. The van der Waals surface area contributed by atoms with Crippen molar-refractivity contribution in [2.45, 2.75) is 63.4 Å². The van der Waals surface area contributed by atoms with Gasteiger partial charge in [-0.05, 0) is 23.6 Å². The van der Waals surface area contributed by atoms with E-state index in [4.69, 9.17) is 9.47 Å². The van der Waals surface area contributed by atoms with Gasteiger partial charge < -0.3 is 24.8 Å². The number of aliphatic hydroxyl groups excluding tert-OH is 1. The summed E-state index contributed by atoms with van der Waals surface area (Å²) in [6.07, 6.45) is 2.88. The molecule has 8 atom stereocenters. The highest BCUT2D eigenvalue weighted by Gasteiger charge is 2.87. The van der Waals surface area contributed by atoms with Crippen molar-refractivity contribution >= 4 is 11.8 Å². The maximum atomic E-state index is 13.2. The van der Waals surface area contributed by atoms with E-state index in [0.29, 0.717) is 11.1 Å². The number of Topliss-reactive ketones (excluding diaryl/α,β-unsaturated/α-hetero) is 1. The van der Waals surface area contributed by atoms with Crippen LogP contribution in [0.5, 0.6) is 0 Å². The second-order valence-electron chi connectivity index (χ2n) is 11.7. The Morgan fingerprint density at radius 3 is 2.42 bits per heavy atom. The first-order chi connectivity index (χ1) is 16.9. The minimum Gasteiger partial charge on any atom is -0.455 e. The van der Waals surface area contributed by atoms with Crippen LogP contribution in [0.4, 0.5) is 0 Å². The summed E-state index contributed by atoms with van der Waals surface area (Å²) in [6, 6.07) is 9.38. The van der Waals surface area contributed by atoms with Gasteiger partial charge >= 0.3 is 5.97 Å². The Hall–Kier alpha value is -2.32. The molecule has 0 spiro atoms. The van der Waals surface area contributed by atoms with Crippen molar-refractivity contribution in [3.05, 3.63) is 59.2 Å². The van der Waals surface area contributed by atoms with Gasteiger partial charge in [-0.2, -0.15) is 0 Å². The molecule has 0 aromatic heterocycles. The first-order valence-corrected chi connectivity index (χ1v) is 12.7. The number of aliphatic hydroxyl groups is 3. The van der Waals surface area contributed by atoms with Crippen LogP contribution in [0.3, 0.4) is 0 Å². The minimum atomic E-state index is -1.85. The van der Waals surface area contributed by atoms with Gasteiger partial charge in [0.2, 0.25) is 0 Å². The summed E-state index contributed by atoms with van der Waals surface area (Å²) in [5, 5.41) is 34.4. The number of carbonyl (C=O) groups excluding carboxylic acids is 2. The quantitative estimate of drug-likeness (QED) is 0.424. The van der Waals surface area contributed by atoms with Gasteiger partial charge in [-0.25, -0.2) is 0 Å². The van der Waals surface area contributed by atoms with Crippen LogP contribution in [-0.4, -0.2) is 63.7 Å². The highest BCUT2D eigenvalue weighted by molar-refractivity contribution is 6.04. The second kappa shape index (κ2) is 8.09. The average molecular weight is 497 g/mol. The molecule has 36 heavy (non-hydrogen) atoms. The molecule has 2 saturated carbocycles. The number of carbonyl (C=O) groups is 2. The normalized spacial score (nSPS) is 42.3. The molecule has 0 aliphatic heterocycles. The van der Waals surface area contributed by atoms with Crippen molar-refractivity contribution in [2.75, 3.05) is 13.7 Å². The van der Waals surface area contributed by atoms with Crippen LogP contribution in [-0.2, 0) is 25.5 Å². The molecular formula is C29H36O7. The van der Waals surface area contributed by atoms with Crippen molar-refractivity contribution in [3.63, 3.8) is 0 Å². The van der Waals surface area contributed by atoms with Gasteiger partial charge in [-0.1, -0.05) is 63.3 Å². The van der Waals surface area contributed by atoms with Crippen LogP contribution in [0, 0.1) is 29.1 Å². The van der Waals surface area contributed by atoms with Crippen LogP contribution < -0.4 is 0 Å². The number of hydrogen-bond donors (Lipinski definition) is 3. The number of fused-ring (bicyclic) bond motifs is 5. The first kappa shape index (κ1) is 25.3. The van der Waals surface area contributed by atoms with Gasteiger partial charge in [0.1, 0.15) is 17.3 Å². The van der Waals surface area contributed by atoms with Crippen LogP contribution in [0.25, 0.3) is 0 Å². The predicted molar refractivity (Wildman–Crippen MR) is 132 cm³/mol. The van der Waals surface area contributed by atoms with E-state index in [9.17, 15) is 24.9 Å². The standard InChI is InChI=1S/C29H36O7/c1-16-11-21-27(33,24(16)32)14-19(15-30)12-20-23-26(3,4)29(23,25(35-5)17(2)28(20,21)34)36-22(31)13-18-9-7-6-8-10-18/h6-12,17,20-21,23,25,30,33-34H,13-15H2,1-5H3/t17-,20?,21-,23-,25?,27?,28-,29-/m1/s1. The maximum absolute atomic E-state index is 13.2. The zero-order valence-corrected chi connectivity index (χ0v) is 21.5. The number of rotatable bonds is 5. The lowest BCUT2D eigenvalue weighted by atomic mass is 9.59. The Labute approximate surface area is 211 Å². The van der Waals surface area contributed by atoms with E-state index in [1.807, 2.05) is 57.2 Å². The Balaban J connectivity index is 1.60. The third-order valence-corrected chi connectivity index (χ3v) is 9.69. The number of methoxy groups -OCH3 is 1. The molecule has 194 valence electrons. The molecule has 3 unspecified atom stereocenters. The smallest absolute Gasteiger partial charge is 0.310 e. The summed E-state index contributed by atoms with van der Waals surface area (Å²) in [5.41, 5.74) is -3.25. The molecule has 0 bridgehead atoms. The zero-order chi connectivity index (χ0) is 26.3. The van der Waals surface area contributed by atoms with Crippen LogP contribution >= 0.6 is 0 Å². The van der Waals surface area contributed by atoms with E-state index in [1.165, 1.54) is 0 Å². The number of ether oxygens (including phenoxy) is 2. The number of ketones is 1. The highest BCUT2D eigenvalue weighted by atomic mass is 16.6. The van der Waals surface area contributed by atoms with Gasteiger partial charge in [0.15, 0.2) is 5.78 Å². The van der Waals surface area contributed by atoms with Crippen molar-refractivity contribution in [1.82, 2.24) is 0 Å². The van der Waals surface area contributed by atoms with Gasteiger partial charge in [0, 0.05) is 42.6 Å². The summed E-state index contributed by atoms with van der Waals surface area (Å²) in [5.74, 6) is -3.21. The summed E-state index contributed by atoms with van der Waals surface area (Å²) in [6.45, 7) is 7.14. The lowest BCUT2D eigenvalue weighted by molar-refractivity contribution is -0.224. The third-order valence-electron chi connectivity index (χ3n) is 9.69. The van der Waals surface area contributed by atoms with E-state index in [2.05, 4.69) is 0 Å². The fourth-order valence-electron chi connectivity index (χ4n) is 8.00. The predicted octanol–water partition coefficient (Wildman–Crippen LogP) is 2.38. The Kier molecular flexibility index (Phi) is 5.69. The molecule has 1 aromatic carbocycles. The summed E-state index contributed by atoms with van der Waals surface area (Å²) in [4.78, 5) is 26.3. The number of benzene rings is 1. The summed E-state index contributed by atoms with van der Waals surface area (Å²) in [7, 11) is 1.54. The molecule has 4 aliphatic carbocycles. The van der Waals surface area contributed by atoms with E-state index in [-0.39, 0.29) is 31.3 Å². The Bertz CT molecular complexity index is 1150. The van der Waals surface area contributed by atoms with Crippen molar-refractivity contribution in [2.24, 2.45) is 29.1 Å². The lowest BCUT2D eigenvalue weighted by Crippen LogP contribution is -2.66. The van der Waals surface area contributed by atoms with Crippen LogP contribution in [0.1, 0.15) is 39.7 Å². The topological polar surface area (TPSA) is 113 Å². The van der Waals surface area contributed by atoms with Gasteiger partial charge in [0.25, 0.3) is 0 Å². The van der Waals surface area contributed by atoms with Crippen molar-refractivity contribution in [3.8, 4) is 0 Å². The van der Waals surface area contributed by atoms with Gasteiger partial charge in [-0.3, -0.25) is 9.59 Å². The van der Waals surface area contributed by atoms with Crippen molar-refractivity contribution in [1.29, 1.82) is 0 Å². The molecular weight excluding hydrogens is 460 g/mol. The van der Waals surface area contributed by atoms with E-state index in [0.717, 1.165) is 5.56 Å². The fraction of sp³-hybridized carbons (Fsp3) is 0.586. The number of esters is 1. The highest BCUT2D eigenvalue weighted by Crippen LogP contribution is 2.77. The summed E-state index contributed by atoms with van der Waals surface area (Å²) < 4.78 is 12.3. The number of hydrogen-bond acceptors (Lipinski definition) is 7. The van der Waals surface area contributed by atoms with E-state index in [1.54, 1.807) is 20.1 Å². The second-order valence-corrected chi connectivity index (χ2v) is 11.7. The van der Waals surface area contributed by atoms with Crippen LogP contribution in [0.15, 0.2) is 53.6 Å². The molecule has 7 nitrogen and oxygen atoms in total. The Morgan fingerprint density at radius 2 is 1.81 bits per heavy atom. The molecule has 1 aromatic rings. The van der Waals surface area contributed by atoms with Gasteiger partial charge in [-0.15, -0.1) is 0 Å². The summed E-state index contributed by atoms with van der Waals surface area (Å²) >= 11 is 0. The molecule has 0 saturated heterocycles. The lowest BCUT2D eigenvalue weighted by Gasteiger charge is -2.53. The minimum absolute atomic E-state index is 0.0576. The zero-order valence-electron chi connectivity index (χ0n) is 21.5. The molecule has 0 radical (unpaired) electrons. The van der Waals surface area contributed by atoms with E-state index >= 15 is 0 Å². The molecule has 4 aliphatic rings. The molecule has 3 N–H and O–H groups in total. The molecule has 0 amide bonds. The van der Waals surface area contributed by atoms with Crippen molar-refractivity contribution < 1.29 is 34.4 Å². The maximum Gasteiger partial charge on any atom is 0.310 e. The first-order valence-electron chi connectivity index (χ1n) is 12.7. The van der Waals surface area contributed by atoms with Crippen LogP contribution in [0.2, 0.25) is 0 Å². The van der Waals surface area contributed by atoms with E-state index < -0.39 is 51.9 Å². The fourth-order valence-corrected chi connectivity index (χ4v) is 8.00. The SMILES string of the molecule is COC1[C@@H](C)[C@@]2(O)C(C=C(CO)CC3(O)C(=O)C(C)=C[C@H]32)[C@@H]2C(C)(C)[C@]12OC(=O)Cc1ccccc1. The van der Waals surface area contributed by atoms with Gasteiger partial charge in [0.05, 0.1) is 18.6 Å². The molecule has 0 heterocycles. The third kappa shape index (κ3) is 3.06. The largest absolute Gasteiger partial charge is 0.455 e.